The van der Waals surface area contributed by atoms with E-state index in [1.165, 1.54) is 6.08 Å². The lowest BCUT2D eigenvalue weighted by Gasteiger charge is -2.15. The molecule has 2 rings (SSSR count). The van der Waals surface area contributed by atoms with Crippen molar-refractivity contribution in [3.05, 3.63) is 63.2 Å². The van der Waals surface area contributed by atoms with Crippen molar-refractivity contribution in [3.63, 3.8) is 0 Å². The Kier molecular flexibility index (Phi) is 8.98. The monoisotopic (exact) mass is 480 g/mol. The smallest absolute Gasteiger partial charge is 0.416 e. The molecule has 0 aliphatic carbocycles. The number of rotatable bonds is 10. The van der Waals surface area contributed by atoms with Crippen LogP contribution in [0.2, 0.25) is 0 Å². The zero-order valence-corrected chi connectivity index (χ0v) is 17.6. The molecule has 0 aliphatic rings. The summed E-state index contributed by atoms with van der Waals surface area (Å²) >= 11 is 0. The van der Waals surface area contributed by atoms with Gasteiger partial charge in [0.05, 0.1) is 24.3 Å². The van der Waals surface area contributed by atoms with E-state index in [2.05, 4.69) is 0 Å². The van der Waals surface area contributed by atoms with Crippen LogP contribution in [0.1, 0.15) is 48.8 Å². The van der Waals surface area contributed by atoms with Gasteiger partial charge in [0.15, 0.2) is 5.76 Å². The van der Waals surface area contributed by atoms with E-state index in [1.54, 1.807) is 13.0 Å². The van der Waals surface area contributed by atoms with E-state index in [1.807, 2.05) is 0 Å². The highest BCUT2D eigenvalue weighted by atomic mass is 19.4. The second kappa shape index (κ2) is 11.3. The molecule has 0 radical (unpaired) electrons. The number of hydrogen-bond donors (Lipinski definition) is 1. The van der Waals surface area contributed by atoms with Crippen LogP contribution in [-0.4, -0.2) is 18.3 Å². The maximum atomic E-state index is 12.9. The average Bonchev–Trinajstić information content (AvgIpc) is 2.73. The van der Waals surface area contributed by atoms with Gasteiger partial charge < -0.3 is 19.0 Å². The van der Waals surface area contributed by atoms with Gasteiger partial charge in [-0.3, -0.25) is 4.79 Å². The molecule has 5 nitrogen and oxygen atoms in total. The molecule has 1 aromatic carbocycles. The van der Waals surface area contributed by atoms with E-state index in [-0.39, 0.29) is 36.6 Å². The van der Waals surface area contributed by atoms with E-state index in [4.69, 9.17) is 19.0 Å². The van der Waals surface area contributed by atoms with Gasteiger partial charge in [0, 0.05) is 6.07 Å². The van der Waals surface area contributed by atoms with Crippen molar-refractivity contribution in [2.45, 2.75) is 45.1 Å². The van der Waals surface area contributed by atoms with Gasteiger partial charge >= 0.3 is 12.4 Å². The molecule has 0 fully saturated rings. The predicted molar refractivity (Wildman–Crippen MR) is 107 cm³/mol. The number of aliphatic hydroxyl groups excluding tert-OH is 1. The molecule has 0 atom stereocenters. The van der Waals surface area contributed by atoms with Crippen molar-refractivity contribution in [2.75, 3.05) is 13.2 Å². The maximum absolute atomic E-state index is 12.9. The first-order valence-corrected chi connectivity index (χ1v) is 9.91. The first-order chi connectivity index (χ1) is 15.5. The van der Waals surface area contributed by atoms with Crippen molar-refractivity contribution >= 4 is 6.08 Å². The second-order valence-electron chi connectivity index (χ2n) is 6.93. The maximum Gasteiger partial charge on any atom is 0.416 e. The second-order valence-corrected chi connectivity index (χ2v) is 6.93. The molecule has 0 aliphatic heterocycles. The van der Waals surface area contributed by atoms with E-state index < -0.39 is 41.3 Å². The summed E-state index contributed by atoms with van der Waals surface area (Å²) in [5, 5.41) is 9.11. The van der Waals surface area contributed by atoms with E-state index in [0.717, 1.165) is 6.07 Å². The number of aliphatic hydroxyl groups is 1. The van der Waals surface area contributed by atoms with Gasteiger partial charge in [-0.05, 0) is 50.5 Å². The third kappa shape index (κ3) is 7.85. The molecule has 182 valence electrons. The van der Waals surface area contributed by atoms with Crippen LogP contribution in [-0.2, 0) is 19.0 Å². The Balaban J connectivity index is 1.88. The van der Waals surface area contributed by atoms with Crippen LogP contribution in [0, 0.1) is 0 Å². The molecular weight excluding hydrogens is 458 g/mol. The molecule has 1 heterocycles. The third-order valence-corrected chi connectivity index (χ3v) is 4.32. The molecule has 1 aromatic heterocycles. The molecule has 1 N–H and O–H groups in total. The van der Waals surface area contributed by atoms with Crippen LogP contribution in [0.5, 0.6) is 11.5 Å². The summed E-state index contributed by atoms with van der Waals surface area (Å²) < 4.78 is 93.1. The fraction of sp³-hybridized carbons (Fsp3) is 0.409. The van der Waals surface area contributed by atoms with Crippen molar-refractivity contribution in [2.24, 2.45) is 0 Å². The molecular formula is C22H22F6O5. The standard InChI is InChI=1S/C22H22F6O5/c1-2-6-19-20(18(30)12-17(13-29)33-19)32-8-5-3-4-7-31-16-10-14(21(23,24)25)9-15(11-16)22(26,27)28/h2,6,9-12,29H,3-5,7-8,13H2,1H3/b6-2+. The highest BCUT2D eigenvalue weighted by Gasteiger charge is 2.37. The minimum Gasteiger partial charge on any atom is -0.494 e. The minimum atomic E-state index is -4.94. The average molecular weight is 480 g/mol. The molecule has 0 bridgehead atoms. The Morgan fingerprint density at radius 2 is 1.48 bits per heavy atom. The van der Waals surface area contributed by atoms with E-state index in [0.29, 0.717) is 31.4 Å². The van der Waals surface area contributed by atoms with Crippen LogP contribution in [0.15, 0.2) is 39.6 Å². The Morgan fingerprint density at radius 3 is 2.00 bits per heavy atom. The van der Waals surface area contributed by atoms with Crippen molar-refractivity contribution in [3.8, 4) is 11.5 Å². The number of ether oxygens (including phenoxy) is 2. The summed E-state index contributed by atoms with van der Waals surface area (Å²) in [5.41, 5.74) is -3.35. The minimum absolute atomic E-state index is 0.0230. The zero-order valence-electron chi connectivity index (χ0n) is 17.6. The number of hydrogen-bond acceptors (Lipinski definition) is 5. The Hall–Kier alpha value is -2.95. The largest absolute Gasteiger partial charge is 0.494 e. The number of halogens is 6. The summed E-state index contributed by atoms with van der Waals surface area (Å²) in [5.74, 6) is -0.306. The highest BCUT2D eigenvalue weighted by molar-refractivity contribution is 5.50. The van der Waals surface area contributed by atoms with Gasteiger partial charge in [-0.1, -0.05) is 6.08 Å². The zero-order chi connectivity index (χ0) is 24.6. The highest BCUT2D eigenvalue weighted by Crippen LogP contribution is 2.38. The van der Waals surface area contributed by atoms with Gasteiger partial charge in [-0.15, -0.1) is 0 Å². The molecule has 0 unspecified atom stereocenters. The molecule has 0 saturated heterocycles. The lowest BCUT2D eigenvalue weighted by molar-refractivity contribution is -0.143. The topological polar surface area (TPSA) is 68.9 Å². The quantitative estimate of drug-likeness (QED) is 0.342. The lowest BCUT2D eigenvalue weighted by Crippen LogP contribution is -2.12. The van der Waals surface area contributed by atoms with Gasteiger partial charge in [0.25, 0.3) is 0 Å². The molecule has 2 aromatic rings. The molecule has 0 spiro atoms. The van der Waals surface area contributed by atoms with Crippen molar-refractivity contribution in [1.82, 2.24) is 0 Å². The predicted octanol–water partition coefficient (Wildman–Crippen LogP) is 5.83. The number of alkyl halides is 6. The third-order valence-electron chi connectivity index (χ3n) is 4.32. The van der Waals surface area contributed by atoms with Gasteiger partial charge in [0.1, 0.15) is 18.1 Å². The first-order valence-electron chi connectivity index (χ1n) is 9.91. The number of allylic oxidation sites excluding steroid dienone is 1. The molecule has 0 amide bonds. The summed E-state index contributed by atoms with van der Waals surface area (Å²) in [7, 11) is 0. The SMILES string of the molecule is C/C=C/c1oc(CO)cc(=O)c1OCCCCCOc1cc(C(F)(F)F)cc(C(F)(F)F)c1. The van der Waals surface area contributed by atoms with Crippen LogP contribution in [0.4, 0.5) is 26.3 Å². The van der Waals surface area contributed by atoms with Crippen LogP contribution >= 0.6 is 0 Å². The fourth-order valence-corrected chi connectivity index (χ4v) is 2.79. The number of benzene rings is 1. The van der Waals surface area contributed by atoms with Crippen molar-refractivity contribution < 1.29 is 45.3 Å². The van der Waals surface area contributed by atoms with Gasteiger partial charge in [-0.25, -0.2) is 0 Å². The fourth-order valence-electron chi connectivity index (χ4n) is 2.79. The molecule has 33 heavy (non-hydrogen) atoms. The Morgan fingerprint density at radius 1 is 0.909 bits per heavy atom. The summed E-state index contributed by atoms with van der Waals surface area (Å²) in [6.45, 7) is 1.28. The first kappa shape index (κ1) is 26.3. The Bertz CT molecular complexity index is 976. The van der Waals surface area contributed by atoms with Gasteiger partial charge in [-0.2, -0.15) is 26.3 Å². The van der Waals surface area contributed by atoms with Crippen LogP contribution < -0.4 is 14.9 Å². The van der Waals surface area contributed by atoms with E-state index >= 15 is 0 Å². The molecule has 11 heteroatoms. The molecule has 0 saturated carbocycles. The van der Waals surface area contributed by atoms with Gasteiger partial charge in [0.2, 0.25) is 11.2 Å². The lowest BCUT2D eigenvalue weighted by atomic mass is 10.1. The summed E-state index contributed by atoms with van der Waals surface area (Å²) in [6, 6.07) is 2.20. The Labute approximate surface area is 185 Å². The summed E-state index contributed by atoms with van der Waals surface area (Å²) in [6.07, 6.45) is -5.49. The van der Waals surface area contributed by atoms with Crippen molar-refractivity contribution in [1.29, 1.82) is 0 Å². The summed E-state index contributed by atoms with van der Waals surface area (Å²) in [4.78, 5) is 12.1. The van der Waals surface area contributed by atoms with E-state index in [9.17, 15) is 31.1 Å². The number of unbranched alkanes of at least 4 members (excludes halogenated alkanes) is 2. The van der Waals surface area contributed by atoms with Crippen LogP contribution in [0.25, 0.3) is 6.08 Å². The van der Waals surface area contributed by atoms with Crippen LogP contribution in [0.3, 0.4) is 0 Å². The normalized spacial score (nSPS) is 12.4.